The third-order valence-corrected chi connectivity index (χ3v) is 4.59. The van der Waals surface area contributed by atoms with Crippen molar-refractivity contribution < 1.29 is 36.6 Å². The number of halogens is 7. The van der Waals surface area contributed by atoms with E-state index in [4.69, 9.17) is 23.2 Å². The number of nitrogens with one attached hydrogen (secondary N) is 2. The molecule has 0 spiro atoms. The zero-order valence-electron chi connectivity index (χ0n) is 15.2. The molecule has 0 aliphatic carbocycles. The largest absolute Gasteiger partial charge is 0.435 e. The van der Waals surface area contributed by atoms with Crippen LogP contribution in [0.3, 0.4) is 0 Å². The van der Waals surface area contributed by atoms with Gasteiger partial charge in [-0.2, -0.15) is 22.0 Å². The fraction of sp³-hybridized carbons (Fsp3) is 0.278. The molecule has 0 fully saturated rings. The van der Waals surface area contributed by atoms with Gasteiger partial charge in [-0.05, 0) is 42.3 Å². The molecule has 30 heavy (non-hydrogen) atoms. The predicted octanol–water partition coefficient (Wildman–Crippen LogP) is 5.69. The Labute approximate surface area is 177 Å². The van der Waals surface area contributed by atoms with Crippen LogP contribution < -0.4 is 15.4 Å². The number of aliphatic hydroxyl groups is 1. The molecule has 0 saturated heterocycles. The lowest BCUT2D eigenvalue weighted by Crippen LogP contribution is -2.39. The summed E-state index contributed by atoms with van der Waals surface area (Å²) >= 11 is 11.9. The Morgan fingerprint density at radius 1 is 1.13 bits per heavy atom. The Morgan fingerprint density at radius 2 is 1.67 bits per heavy atom. The van der Waals surface area contributed by atoms with Crippen LogP contribution in [0.15, 0.2) is 36.4 Å². The van der Waals surface area contributed by atoms with Gasteiger partial charge in [0.25, 0.3) is 0 Å². The summed E-state index contributed by atoms with van der Waals surface area (Å²) in [4.78, 5) is 12.1. The first kappa shape index (κ1) is 24.0. The smallest absolute Gasteiger partial charge is 0.421 e. The number of amides is 2. The van der Waals surface area contributed by atoms with Crippen LogP contribution in [-0.4, -0.2) is 23.9 Å². The van der Waals surface area contributed by atoms with Gasteiger partial charge in [-0.1, -0.05) is 35.3 Å². The summed E-state index contributed by atoms with van der Waals surface area (Å²) in [7, 11) is 0. The van der Waals surface area contributed by atoms with E-state index >= 15 is 0 Å². The van der Waals surface area contributed by atoms with Crippen LogP contribution in [-0.2, 0) is 12.1 Å². The summed E-state index contributed by atoms with van der Waals surface area (Å²) in [6.45, 7) is -2.41. The van der Waals surface area contributed by atoms with Crippen LogP contribution >= 0.6 is 23.2 Å². The first-order chi connectivity index (χ1) is 13.8. The molecule has 0 radical (unpaired) electrons. The van der Waals surface area contributed by atoms with Crippen molar-refractivity contribution in [2.45, 2.75) is 31.9 Å². The van der Waals surface area contributed by atoms with E-state index in [0.29, 0.717) is 12.5 Å². The van der Waals surface area contributed by atoms with E-state index in [-0.39, 0.29) is 28.0 Å². The first-order valence-corrected chi connectivity index (χ1v) is 8.94. The number of hydrogen-bond acceptors (Lipinski definition) is 3. The quantitative estimate of drug-likeness (QED) is 0.473. The lowest BCUT2D eigenvalue weighted by atomic mass is 9.95. The second-order valence-electron chi connectivity index (χ2n) is 6.21. The molecule has 2 aromatic carbocycles. The Morgan fingerprint density at radius 3 is 2.13 bits per heavy atom. The average Bonchev–Trinajstić information content (AvgIpc) is 2.62. The van der Waals surface area contributed by atoms with Gasteiger partial charge in [0.05, 0.1) is 15.7 Å². The third kappa shape index (κ3) is 5.87. The molecule has 12 heteroatoms. The summed E-state index contributed by atoms with van der Waals surface area (Å²) in [5.74, 6) is -0.0494. The predicted molar refractivity (Wildman–Crippen MR) is 101 cm³/mol. The van der Waals surface area contributed by atoms with Crippen molar-refractivity contribution in [2.75, 3.05) is 5.32 Å². The summed E-state index contributed by atoms with van der Waals surface area (Å²) < 4.78 is 67.4. The number of rotatable bonds is 6. The lowest BCUT2D eigenvalue weighted by Gasteiger charge is -2.27. The topological polar surface area (TPSA) is 70.6 Å². The highest BCUT2D eigenvalue weighted by Gasteiger charge is 2.51. The summed E-state index contributed by atoms with van der Waals surface area (Å²) in [6, 6.07) is 6.40. The van der Waals surface area contributed by atoms with Crippen molar-refractivity contribution in [2.24, 2.45) is 0 Å². The molecule has 164 valence electrons. The van der Waals surface area contributed by atoms with Crippen molar-refractivity contribution in [3.05, 3.63) is 57.6 Å². The van der Waals surface area contributed by atoms with Gasteiger partial charge in [0, 0.05) is 6.54 Å². The minimum Gasteiger partial charge on any atom is -0.435 e. The van der Waals surface area contributed by atoms with Crippen LogP contribution in [0, 0.1) is 0 Å². The van der Waals surface area contributed by atoms with Gasteiger partial charge in [0.1, 0.15) is 5.75 Å². The molecule has 2 aromatic rings. The SMILES string of the molecule is C[C@@](O)(c1cc(Cl)c(NC(=O)NCc2ccc(OC(F)F)cc2)c(Cl)c1)C(F)(F)F. The van der Waals surface area contributed by atoms with Crippen molar-refractivity contribution >= 4 is 34.9 Å². The minimum absolute atomic E-state index is 0.00308. The zero-order valence-corrected chi connectivity index (χ0v) is 16.7. The lowest BCUT2D eigenvalue weighted by molar-refractivity contribution is -0.258. The van der Waals surface area contributed by atoms with E-state index in [0.717, 1.165) is 12.1 Å². The number of alkyl halides is 5. The van der Waals surface area contributed by atoms with Gasteiger partial charge < -0.3 is 20.5 Å². The Balaban J connectivity index is 2.05. The molecule has 0 unspecified atom stereocenters. The number of carbonyl (C=O) groups is 1. The van der Waals surface area contributed by atoms with Gasteiger partial charge in [-0.25, -0.2) is 4.79 Å². The van der Waals surface area contributed by atoms with Gasteiger partial charge in [-0.3, -0.25) is 0 Å². The molecular weight excluding hydrogens is 458 g/mol. The fourth-order valence-electron chi connectivity index (χ4n) is 2.27. The van der Waals surface area contributed by atoms with Crippen molar-refractivity contribution in [1.82, 2.24) is 5.32 Å². The van der Waals surface area contributed by atoms with Crippen molar-refractivity contribution in [1.29, 1.82) is 0 Å². The van der Waals surface area contributed by atoms with Crippen LogP contribution in [0.25, 0.3) is 0 Å². The molecule has 0 aromatic heterocycles. The first-order valence-electron chi connectivity index (χ1n) is 8.18. The number of hydrogen-bond donors (Lipinski definition) is 3. The molecule has 0 heterocycles. The highest BCUT2D eigenvalue weighted by Crippen LogP contribution is 2.42. The monoisotopic (exact) mass is 472 g/mol. The Bertz CT molecular complexity index is 883. The number of anilines is 1. The highest BCUT2D eigenvalue weighted by atomic mass is 35.5. The molecular formula is C18H15Cl2F5N2O3. The third-order valence-electron chi connectivity index (χ3n) is 4.00. The molecule has 3 N–H and O–H groups in total. The molecule has 0 aliphatic rings. The van der Waals surface area contributed by atoms with E-state index < -0.39 is 30.0 Å². The van der Waals surface area contributed by atoms with Crippen LogP contribution in [0.4, 0.5) is 32.4 Å². The normalized spacial score (nSPS) is 13.7. The minimum atomic E-state index is -4.97. The second-order valence-corrected chi connectivity index (χ2v) is 7.03. The van der Waals surface area contributed by atoms with E-state index in [1.165, 1.54) is 24.3 Å². The molecule has 2 amide bonds. The molecule has 2 rings (SSSR count). The van der Waals surface area contributed by atoms with Crippen LogP contribution in [0.5, 0.6) is 5.75 Å². The van der Waals surface area contributed by atoms with Crippen molar-refractivity contribution in [3.63, 3.8) is 0 Å². The fourth-order valence-corrected chi connectivity index (χ4v) is 2.85. The highest BCUT2D eigenvalue weighted by molar-refractivity contribution is 6.39. The summed E-state index contributed by atoms with van der Waals surface area (Å²) in [6.07, 6.45) is -4.97. The van der Waals surface area contributed by atoms with E-state index in [9.17, 15) is 31.9 Å². The maximum absolute atomic E-state index is 13.0. The van der Waals surface area contributed by atoms with Crippen molar-refractivity contribution in [3.8, 4) is 5.75 Å². The second kappa shape index (κ2) is 9.23. The van der Waals surface area contributed by atoms with Gasteiger partial charge >= 0.3 is 18.8 Å². The maximum atomic E-state index is 13.0. The molecule has 0 bridgehead atoms. The molecule has 0 aliphatic heterocycles. The van der Waals surface area contributed by atoms with Gasteiger partial charge in [0.15, 0.2) is 5.60 Å². The number of carbonyl (C=O) groups excluding carboxylic acids is 1. The molecule has 1 atom stereocenters. The maximum Gasteiger partial charge on any atom is 0.421 e. The number of ether oxygens (including phenoxy) is 1. The van der Waals surface area contributed by atoms with Gasteiger partial charge in [0.2, 0.25) is 0 Å². The van der Waals surface area contributed by atoms with Crippen LogP contribution in [0.2, 0.25) is 10.0 Å². The standard InChI is InChI=1S/C18H15Cl2F5N2O3/c1-17(29,18(23,24)25)10-6-12(19)14(13(20)7-10)27-16(28)26-8-9-2-4-11(5-3-9)30-15(21)22/h2-7,15,29H,8H2,1H3,(H2,26,27,28)/t17-/m1/s1. The van der Waals surface area contributed by atoms with Gasteiger partial charge in [-0.15, -0.1) is 0 Å². The zero-order chi connectivity index (χ0) is 22.7. The number of benzene rings is 2. The van der Waals surface area contributed by atoms with Crippen LogP contribution in [0.1, 0.15) is 18.1 Å². The van der Waals surface area contributed by atoms with E-state index in [1.807, 2.05) is 0 Å². The molecule has 5 nitrogen and oxygen atoms in total. The summed E-state index contributed by atoms with van der Waals surface area (Å²) in [5.41, 5.74) is -3.39. The number of urea groups is 1. The van der Waals surface area contributed by atoms with E-state index in [2.05, 4.69) is 15.4 Å². The summed E-state index contributed by atoms with van der Waals surface area (Å²) in [5, 5.41) is 13.8. The Hall–Kier alpha value is -2.30. The Kier molecular flexibility index (Phi) is 7.38. The molecule has 0 saturated carbocycles. The average molecular weight is 473 g/mol. The van der Waals surface area contributed by atoms with E-state index in [1.54, 1.807) is 0 Å².